The molecule has 2 heterocycles. The molecule has 1 aromatic heterocycles. The number of methoxy groups -OCH3 is 1. The fraction of sp³-hybridized carbons (Fsp3) is 0.389. The van der Waals surface area contributed by atoms with Crippen LogP contribution >= 0.6 is 11.3 Å². The Bertz CT molecular complexity index is 710. The lowest BCUT2D eigenvalue weighted by molar-refractivity contribution is -0.0229. The van der Waals surface area contributed by atoms with Crippen molar-refractivity contribution in [1.29, 1.82) is 0 Å². The maximum Gasteiger partial charge on any atom is 0.255 e. The Morgan fingerprint density at radius 2 is 2.22 bits per heavy atom. The summed E-state index contributed by atoms with van der Waals surface area (Å²) in [7, 11) is 1.65. The topological polar surface area (TPSA) is 38.8 Å². The van der Waals surface area contributed by atoms with E-state index >= 15 is 0 Å². The predicted molar refractivity (Wildman–Crippen MR) is 91.4 cm³/mol. The fourth-order valence-corrected chi connectivity index (χ4v) is 3.63. The Kier molecular flexibility index (Phi) is 4.68. The number of hydrogen-bond acceptors (Lipinski definition) is 4. The van der Waals surface area contributed by atoms with Gasteiger partial charge in [0.25, 0.3) is 5.91 Å². The normalized spacial score (nSPS) is 18.0. The zero-order chi connectivity index (χ0) is 16.4. The standard InChI is InChI=1S/C18H21NO3S/c1-12-13(2)23-11-16(12)18(20)19-7-8-22-17(10-19)14-5-4-6-15(9-14)21-3/h4-6,9,11,17H,7-8,10H2,1-3H3/t17-/m0/s1. The van der Waals surface area contributed by atoms with Crippen molar-refractivity contribution in [2.24, 2.45) is 0 Å². The molecule has 0 spiro atoms. The van der Waals surface area contributed by atoms with Crippen LogP contribution in [-0.4, -0.2) is 37.6 Å². The monoisotopic (exact) mass is 331 g/mol. The summed E-state index contributed by atoms with van der Waals surface area (Å²) >= 11 is 1.63. The van der Waals surface area contributed by atoms with Crippen LogP contribution in [0.4, 0.5) is 0 Å². The number of amides is 1. The van der Waals surface area contributed by atoms with Crippen LogP contribution in [0.15, 0.2) is 29.6 Å². The molecule has 5 heteroatoms. The summed E-state index contributed by atoms with van der Waals surface area (Å²) in [6.45, 7) is 5.82. The molecule has 1 aliphatic heterocycles. The summed E-state index contributed by atoms with van der Waals surface area (Å²) in [5.74, 6) is 0.905. The Hall–Kier alpha value is -1.85. The van der Waals surface area contributed by atoms with Gasteiger partial charge in [-0.3, -0.25) is 4.79 Å². The van der Waals surface area contributed by atoms with Gasteiger partial charge in [0.05, 0.1) is 25.8 Å². The minimum absolute atomic E-state index is 0.100. The second kappa shape index (κ2) is 6.72. The van der Waals surface area contributed by atoms with Crippen molar-refractivity contribution < 1.29 is 14.3 Å². The highest BCUT2D eigenvalue weighted by atomic mass is 32.1. The summed E-state index contributed by atoms with van der Waals surface area (Å²) in [5.41, 5.74) is 2.95. The van der Waals surface area contributed by atoms with E-state index in [1.165, 1.54) is 4.88 Å². The summed E-state index contributed by atoms with van der Waals surface area (Å²) in [5, 5.41) is 1.96. The van der Waals surface area contributed by atoms with Gasteiger partial charge in [-0.2, -0.15) is 0 Å². The van der Waals surface area contributed by atoms with Crippen LogP contribution < -0.4 is 4.74 Å². The van der Waals surface area contributed by atoms with Gasteiger partial charge in [-0.25, -0.2) is 0 Å². The number of rotatable bonds is 3. The maximum absolute atomic E-state index is 12.8. The molecule has 0 N–H and O–H groups in total. The third kappa shape index (κ3) is 3.26. The molecule has 122 valence electrons. The van der Waals surface area contributed by atoms with Gasteiger partial charge in [-0.15, -0.1) is 11.3 Å². The molecule has 3 rings (SSSR count). The first-order valence-corrected chi connectivity index (χ1v) is 8.57. The van der Waals surface area contributed by atoms with Crippen molar-refractivity contribution in [3.63, 3.8) is 0 Å². The van der Waals surface area contributed by atoms with Crippen molar-refractivity contribution >= 4 is 17.2 Å². The highest BCUT2D eigenvalue weighted by Gasteiger charge is 2.27. The number of hydrogen-bond donors (Lipinski definition) is 0. The second-order valence-electron chi connectivity index (χ2n) is 5.72. The molecule has 1 atom stereocenters. The number of thiophene rings is 1. The Morgan fingerprint density at radius 1 is 1.39 bits per heavy atom. The van der Waals surface area contributed by atoms with Gasteiger partial charge in [-0.1, -0.05) is 12.1 Å². The minimum Gasteiger partial charge on any atom is -0.497 e. The SMILES string of the molecule is COc1cccc([C@@H]2CN(C(=O)c3csc(C)c3C)CCO2)c1. The van der Waals surface area contributed by atoms with Crippen molar-refractivity contribution in [1.82, 2.24) is 4.90 Å². The third-order valence-corrected chi connectivity index (χ3v) is 5.35. The number of nitrogens with zero attached hydrogens (tertiary/aromatic N) is 1. The van der Waals surface area contributed by atoms with E-state index in [2.05, 4.69) is 6.92 Å². The second-order valence-corrected chi connectivity index (χ2v) is 6.80. The van der Waals surface area contributed by atoms with E-state index in [1.54, 1.807) is 18.4 Å². The maximum atomic E-state index is 12.8. The minimum atomic E-state index is -0.108. The molecule has 0 saturated carbocycles. The van der Waals surface area contributed by atoms with E-state index in [4.69, 9.17) is 9.47 Å². The van der Waals surface area contributed by atoms with Gasteiger partial charge in [-0.05, 0) is 37.1 Å². The highest BCUT2D eigenvalue weighted by molar-refractivity contribution is 7.10. The van der Waals surface area contributed by atoms with E-state index < -0.39 is 0 Å². The zero-order valence-electron chi connectivity index (χ0n) is 13.7. The first-order chi connectivity index (χ1) is 11.1. The van der Waals surface area contributed by atoms with Gasteiger partial charge in [0.2, 0.25) is 0 Å². The van der Waals surface area contributed by atoms with Crippen LogP contribution in [0.3, 0.4) is 0 Å². The van der Waals surface area contributed by atoms with E-state index in [0.717, 1.165) is 22.4 Å². The summed E-state index contributed by atoms with van der Waals surface area (Å²) < 4.78 is 11.1. The van der Waals surface area contributed by atoms with Crippen LogP contribution in [-0.2, 0) is 4.74 Å². The first kappa shape index (κ1) is 16.0. The quantitative estimate of drug-likeness (QED) is 0.863. The average molecular weight is 331 g/mol. The number of carbonyl (C=O) groups excluding carboxylic acids is 1. The van der Waals surface area contributed by atoms with Gasteiger partial charge in [0.15, 0.2) is 0 Å². The zero-order valence-corrected chi connectivity index (χ0v) is 14.5. The number of carbonyl (C=O) groups is 1. The van der Waals surface area contributed by atoms with Gasteiger partial charge >= 0.3 is 0 Å². The molecule has 23 heavy (non-hydrogen) atoms. The summed E-state index contributed by atoms with van der Waals surface area (Å²) in [6, 6.07) is 7.84. The summed E-state index contributed by atoms with van der Waals surface area (Å²) in [4.78, 5) is 15.9. The van der Waals surface area contributed by atoms with Gasteiger partial charge < -0.3 is 14.4 Å². The highest BCUT2D eigenvalue weighted by Crippen LogP contribution is 2.28. The van der Waals surface area contributed by atoms with Crippen LogP contribution in [0.5, 0.6) is 5.75 Å². The average Bonchev–Trinajstić information content (AvgIpc) is 2.93. The number of morpholine rings is 1. The van der Waals surface area contributed by atoms with Gasteiger partial charge in [0.1, 0.15) is 11.9 Å². The number of benzene rings is 1. The van der Waals surface area contributed by atoms with Crippen molar-refractivity contribution in [3.05, 3.63) is 51.2 Å². The molecule has 4 nitrogen and oxygen atoms in total. The number of aryl methyl sites for hydroxylation is 1. The molecular formula is C18H21NO3S. The predicted octanol–water partition coefficient (Wildman–Crippen LogP) is 3.59. The molecule has 0 aliphatic carbocycles. The van der Waals surface area contributed by atoms with Crippen molar-refractivity contribution in [2.75, 3.05) is 26.8 Å². The van der Waals surface area contributed by atoms with Crippen LogP contribution in [0.1, 0.15) is 32.5 Å². The molecule has 1 aromatic carbocycles. The molecule has 1 saturated heterocycles. The van der Waals surface area contributed by atoms with Crippen molar-refractivity contribution in [2.45, 2.75) is 20.0 Å². The lowest BCUT2D eigenvalue weighted by Gasteiger charge is -2.33. The van der Waals surface area contributed by atoms with Crippen LogP contribution in [0, 0.1) is 13.8 Å². The lowest BCUT2D eigenvalue weighted by atomic mass is 10.1. The van der Waals surface area contributed by atoms with Crippen LogP contribution in [0.25, 0.3) is 0 Å². The first-order valence-electron chi connectivity index (χ1n) is 7.69. The van der Waals surface area contributed by atoms with Crippen LogP contribution in [0.2, 0.25) is 0 Å². The molecule has 1 fully saturated rings. The molecule has 1 amide bonds. The Labute approximate surface area is 140 Å². The van der Waals surface area contributed by atoms with E-state index in [9.17, 15) is 4.79 Å². The van der Waals surface area contributed by atoms with Gasteiger partial charge in [0, 0.05) is 16.8 Å². The Morgan fingerprint density at radius 3 is 2.91 bits per heavy atom. The summed E-state index contributed by atoms with van der Waals surface area (Å²) in [6.07, 6.45) is -0.108. The molecular weight excluding hydrogens is 310 g/mol. The molecule has 2 aromatic rings. The van der Waals surface area contributed by atoms with E-state index in [-0.39, 0.29) is 12.0 Å². The molecule has 0 radical (unpaired) electrons. The Balaban J connectivity index is 1.77. The fourth-order valence-electron chi connectivity index (χ4n) is 2.77. The van der Waals surface area contributed by atoms with E-state index in [1.807, 2.05) is 41.5 Å². The molecule has 0 bridgehead atoms. The number of ether oxygens (including phenoxy) is 2. The molecule has 1 aliphatic rings. The largest absolute Gasteiger partial charge is 0.497 e. The molecule has 0 unspecified atom stereocenters. The smallest absolute Gasteiger partial charge is 0.255 e. The van der Waals surface area contributed by atoms with E-state index in [0.29, 0.717) is 19.7 Å². The third-order valence-electron chi connectivity index (χ3n) is 4.34. The van der Waals surface area contributed by atoms with Crippen molar-refractivity contribution in [3.8, 4) is 5.75 Å². The lowest BCUT2D eigenvalue weighted by Crippen LogP contribution is -2.42.